The van der Waals surface area contributed by atoms with Crippen molar-refractivity contribution in [3.05, 3.63) is 38.9 Å². The highest BCUT2D eigenvalue weighted by atomic mass is 35.5. The van der Waals surface area contributed by atoms with Gasteiger partial charge in [-0.1, -0.05) is 11.6 Å². The van der Waals surface area contributed by atoms with Gasteiger partial charge in [0.15, 0.2) is 6.10 Å². The summed E-state index contributed by atoms with van der Waals surface area (Å²) in [4.78, 5) is 36.6. The summed E-state index contributed by atoms with van der Waals surface area (Å²) in [5.41, 5.74) is -0.707. The lowest BCUT2D eigenvalue weighted by atomic mass is 10.1. The first kappa shape index (κ1) is 19.9. The van der Waals surface area contributed by atoms with Crippen LogP contribution in [0.2, 0.25) is 5.02 Å². The van der Waals surface area contributed by atoms with Crippen LogP contribution in [-0.2, 0) is 9.53 Å². The van der Waals surface area contributed by atoms with Crippen molar-refractivity contribution < 1.29 is 19.2 Å². The van der Waals surface area contributed by atoms with E-state index in [1.807, 2.05) is 27.7 Å². The number of nitrogens with zero attached hydrogens (tertiary/aromatic N) is 2. The fourth-order valence-electron chi connectivity index (χ4n) is 2.42. The molecule has 1 atom stereocenters. The number of benzene rings is 1. The minimum atomic E-state index is -1.06. The zero-order valence-corrected chi connectivity index (χ0v) is 15.0. The number of hydrogen-bond donors (Lipinski definition) is 0. The highest BCUT2D eigenvalue weighted by molar-refractivity contribution is 6.31. The Bertz CT molecular complexity index is 637. The Morgan fingerprint density at radius 3 is 2.17 bits per heavy atom. The van der Waals surface area contributed by atoms with E-state index in [0.717, 1.165) is 6.07 Å². The topological polar surface area (TPSA) is 89.7 Å². The summed E-state index contributed by atoms with van der Waals surface area (Å²) in [5, 5.41) is 11.2. The smallest absolute Gasteiger partial charge is 0.345 e. The molecule has 0 aliphatic rings. The van der Waals surface area contributed by atoms with Crippen molar-refractivity contribution in [2.75, 3.05) is 0 Å². The summed E-state index contributed by atoms with van der Waals surface area (Å²) in [7, 11) is 0. The average molecular weight is 357 g/mol. The third-order valence-electron chi connectivity index (χ3n) is 3.38. The first-order valence-electron chi connectivity index (χ1n) is 7.53. The molecule has 0 spiro atoms. The van der Waals surface area contributed by atoms with Crippen molar-refractivity contribution in [2.24, 2.45) is 0 Å². The number of nitro benzene ring substituents is 1. The monoisotopic (exact) mass is 356 g/mol. The van der Waals surface area contributed by atoms with E-state index >= 15 is 0 Å². The zero-order chi connectivity index (χ0) is 18.6. The molecule has 0 bridgehead atoms. The summed E-state index contributed by atoms with van der Waals surface area (Å²) in [6, 6.07) is 3.50. The van der Waals surface area contributed by atoms with Gasteiger partial charge in [-0.2, -0.15) is 0 Å². The highest BCUT2D eigenvalue weighted by Crippen LogP contribution is 2.24. The highest BCUT2D eigenvalue weighted by Gasteiger charge is 2.30. The second-order valence-electron chi connectivity index (χ2n) is 5.90. The molecule has 0 heterocycles. The van der Waals surface area contributed by atoms with Crippen LogP contribution in [0.4, 0.5) is 5.69 Å². The molecule has 1 aromatic carbocycles. The first-order chi connectivity index (χ1) is 11.1. The fourth-order valence-corrected chi connectivity index (χ4v) is 2.58. The molecule has 24 heavy (non-hydrogen) atoms. The van der Waals surface area contributed by atoms with E-state index in [9.17, 15) is 19.7 Å². The Kier molecular flexibility index (Phi) is 6.71. The van der Waals surface area contributed by atoms with Crippen molar-refractivity contribution in [2.45, 2.75) is 52.8 Å². The van der Waals surface area contributed by atoms with E-state index in [2.05, 4.69) is 0 Å². The standard InChI is InChI=1S/C16H21ClN2O5/c1-9(2)18(10(3)4)15(20)11(5)24-16(21)13-7-6-12(17)8-14(13)19(22)23/h6-11H,1-5H3. The normalized spacial score (nSPS) is 12.2. The Morgan fingerprint density at radius 2 is 1.71 bits per heavy atom. The molecule has 0 radical (unpaired) electrons. The fraction of sp³-hybridized carbons (Fsp3) is 0.500. The molecule has 132 valence electrons. The minimum Gasteiger partial charge on any atom is -0.449 e. The Hall–Kier alpha value is -2.15. The molecule has 8 heteroatoms. The van der Waals surface area contributed by atoms with Crippen LogP contribution in [0.5, 0.6) is 0 Å². The number of carbonyl (C=O) groups excluding carboxylic acids is 2. The van der Waals surface area contributed by atoms with Gasteiger partial charge in [0.2, 0.25) is 0 Å². The van der Waals surface area contributed by atoms with E-state index in [4.69, 9.17) is 16.3 Å². The summed E-state index contributed by atoms with van der Waals surface area (Å²) in [6.45, 7) is 8.87. The van der Waals surface area contributed by atoms with Gasteiger partial charge in [-0.15, -0.1) is 0 Å². The predicted octanol–water partition coefficient (Wildman–Crippen LogP) is 3.44. The molecule has 1 amide bonds. The molecule has 7 nitrogen and oxygen atoms in total. The van der Waals surface area contributed by atoms with Crippen LogP contribution in [-0.4, -0.2) is 39.9 Å². The molecule has 0 aromatic heterocycles. The number of nitro groups is 1. The number of hydrogen-bond acceptors (Lipinski definition) is 5. The van der Waals surface area contributed by atoms with E-state index in [-0.39, 0.29) is 28.6 Å². The summed E-state index contributed by atoms with van der Waals surface area (Å²) in [5.74, 6) is -1.29. The van der Waals surface area contributed by atoms with Gasteiger partial charge in [0.05, 0.1) is 4.92 Å². The third kappa shape index (κ3) is 4.67. The average Bonchev–Trinajstić information content (AvgIpc) is 2.45. The van der Waals surface area contributed by atoms with Gasteiger partial charge in [-0.3, -0.25) is 14.9 Å². The van der Waals surface area contributed by atoms with Crippen molar-refractivity contribution in [3.63, 3.8) is 0 Å². The molecule has 0 aliphatic carbocycles. The summed E-state index contributed by atoms with van der Waals surface area (Å²) >= 11 is 5.72. The van der Waals surface area contributed by atoms with Crippen molar-refractivity contribution in [3.8, 4) is 0 Å². The third-order valence-corrected chi connectivity index (χ3v) is 3.61. The van der Waals surface area contributed by atoms with Gasteiger partial charge in [0, 0.05) is 23.2 Å². The second kappa shape index (κ2) is 8.10. The van der Waals surface area contributed by atoms with Gasteiger partial charge in [-0.25, -0.2) is 4.79 Å². The minimum absolute atomic E-state index is 0.0662. The summed E-state index contributed by atoms with van der Waals surface area (Å²) in [6.07, 6.45) is -1.06. The number of carbonyl (C=O) groups is 2. The summed E-state index contributed by atoms with van der Waals surface area (Å²) < 4.78 is 5.13. The van der Waals surface area contributed by atoms with Crippen molar-refractivity contribution in [1.29, 1.82) is 0 Å². The molecule has 0 N–H and O–H groups in total. The molecule has 1 rings (SSSR count). The second-order valence-corrected chi connectivity index (χ2v) is 6.34. The lowest BCUT2D eigenvalue weighted by Gasteiger charge is -2.32. The van der Waals surface area contributed by atoms with Gasteiger partial charge in [0.25, 0.3) is 11.6 Å². The van der Waals surface area contributed by atoms with E-state index in [1.165, 1.54) is 19.1 Å². The predicted molar refractivity (Wildman–Crippen MR) is 90.1 cm³/mol. The van der Waals surface area contributed by atoms with E-state index in [1.54, 1.807) is 4.90 Å². The molecule has 0 saturated carbocycles. The molecule has 1 unspecified atom stereocenters. The van der Waals surface area contributed by atoms with Crippen LogP contribution < -0.4 is 0 Å². The molecule has 0 aliphatic heterocycles. The quantitative estimate of drug-likeness (QED) is 0.442. The van der Waals surface area contributed by atoms with Crippen LogP contribution in [0.25, 0.3) is 0 Å². The maximum Gasteiger partial charge on any atom is 0.345 e. The van der Waals surface area contributed by atoms with Crippen LogP contribution >= 0.6 is 11.6 Å². The number of esters is 1. The molecule has 0 saturated heterocycles. The molecular weight excluding hydrogens is 336 g/mol. The van der Waals surface area contributed by atoms with Gasteiger partial charge in [-0.05, 0) is 46.8 Å². The SMILES string of the molecule is CC(OC(=O)c1ccc(Cl)cc1[N+](=O)[O-])C(=O)N(C(C)C)C(C)C. The Labute approximate surface area is 145 Å². The van der Waals surface area contributed by atoms with Gasteiger partial charge in [0.1, 0.15) is 5.56 Å². The van der Waals surface area contributed by atoms with Crippen LogP contribution in [0, 0.1) is 10.1 Å². The van der Waals surface area contributed by atoms with Crippen molar-refractivity contribution in [1.82, 2.24) is 4.90 Å². The Morgan fingerprint density at radius 1 is 1.17 bits per heavy atom. The van der Waals surface area contributed by atoms with E-state index in [0.29, 0.717) is 0 Å². The lowest BCUT2D eigenvalue weighted by molar-refractivity contribution is -0.385. The van der Waals surface area contributed by atoms with Crippen LogP contribution in [0.15, 0.2) is 18.2 Å². The number of rotatable bonds is 6. The molecular formula is C16H21ClN2O5. The number of halogens is 1. The van der Waals surface area contributed by atoms with Gasteiger partial charge < -0.3 is 9.64 Å². The first-order valence-corrected chi connectivity index (χ1v) is 7.91. The number of ether oxygens (including phenoxy) is 1. The van der Waals surface area contributed by atoms with E-state index < -0.39 is 22.7 Å². The number of amides is 1. The van der Waals surface area contributed by atoms with Crippen molar-refractivity contribution >= 4 is 29.2 Å². The lowest BCUT2D eigenvalue weighted by Crippen LogP contribution is -2.47. The maximum absolute atomic E-state index is 12.5. The van der Waals surface area contributed by atoms with Crippen LogP contribution in [0.3, 0.4) is 0 Å². The zero-order valence-electron chi connectivity index (χ0n) is 14.3. The molecule has 1 aromatic rings. The molecule has 0 fully saturated rings. The largest absolute Gasteiger partial charge is 0.449 e. The van der Waals surface area contributed by atoms with Crippen LogP contribution in [0.1, 0.15) is 45.0 Å². The Balaban J connectivity index is 2.99. The maximum atomic E-state index is 12.5. The van der Waals surface area contributed by atoms with Gasteiger partial charge >= 0.3 is 5.97 Å².